The molecule has 1 atom stereocenters. The molecule has 0 radical (unpaired) electrons. The number of nitrogens with one attached hydrogen (secondary N) is 1. The maximum Gasteiger partial charge on any atom is 0.317 e. The van der Waals surface area contributed by atoms with E-state index < -0.39 is 6.10 Å². The Hall–Kier alpha value is -1.56. The average Bonchev–Trinajstić information content (AvgIpc) is 2.82. The number of β-amino-alcohol motifs (C(OH)–C–C–N with tert-alkyl or cyclic N) is 1. The summed E-state index contributed by atoms with van der Waals surface area (Å²) in [6.07, 6.45) is 4.94. The van der Waals surface area contributed by atoms with Gasteiger partial charge in [-0.2, -0.15) is 0 Å². The van der Waals surface area contributed by atoms with Crippen molar-refractivity contribution >= 4 is 6.03 Å². The number of likely N-dealkylation sites (tertiary alicyclic amines) is 1. The van der Waals surface area contributed by atoms with Gasteiger partial charge in [-0.3, -0.25) is 0 Å². The van der Waals surface area contributed by atoms with E-state index in [4.69, 9.17) is 0 Å². The molecule has 2 N–H and O–H groups in total. The number of hydrogen-bond donors (Lipinski definition) is 2. The first-order valence-corrected chi connectivity index (χ1v) is 7.27. The molecule has 1 unspecified atom stereocenters. The fourth-order valence-electron chi connectivity index (χ4n) is 2.47. The molecule has 0 aromatic carbocycles. The Morgan fingerprint density at radius 2 is 2.40 bits per heavy atom. The van der Waals surface area contributed by atoms with Crippen molar-refractivity contribution in [3.8, 4) is 0 Å². The largest absolute Gasteiger partial charge is 0.391 e. The van der Waals surface area contributed by atoms with Crippen LogP contribution < -0.4 is 5.32 Å². The average molecular weight is 280 g/mol. The summed E-state index contributed by atoms with van der Waals surface area (Å²) in [5.41, 5.74) is 0. The van der Waals surface area contributed by atoms with E-state index >= 15 is 0 Å². The van der Waals surface area contributed by atoms with Crippen LogP contribution in [0, 0.1) is 5.92 Å². The summed E-state index contributed by atoms with van der Waals surface area (Å²) in [6, 6.07) is -0.122. The second-order valence-electron chi connectivity index (χ2n) is 5.79. The van der Waals surface area contributed by atoms with Gasteiger partial charge in [-0.1, -0.05) is 13.8 Å². The number of piperidine rings is 1. The summed E-state index contributed by atoms with van der Waals surface area (Å²) < 4.78 is 2.07. The van der Waals surface area contributed by atoms with E-state index in [9.17, 15) is 9.90 Å². The summed E-state index contributed by atoms with van der Waals surface area (Å²) in [4.78, 5) is 18.0. The number of aromatic nitrogens is 2. The number of imidazole rings is 1. The summed E-state index contributed by atoms with van der Waals surface area (Å²) in [5, 5.41) is 12.5. The summed E-state index contributed by atoms with van der Waals surface area (Å²) in [7, 11) is 0. The zero-order valence-electron chi connectivity index (χ0n) is 12.2. The smallest absolute Gasteiger partial charge is 0.317 e. The third kappa shape index (κ3) is 3.96. The molecular weight excluding hydrogens is 256 g/mol. The lowest BCUT2D eigenvalue weighted by Crippen LogP contribution is -2.47. The molecule has 0 bridgehead atoms. The Balaban J connectivity index is 1.85. The van der Waals surface area contributed by atoms with Crippen LogP contribution in [0.4, 0.5) is 4.79 Å². The van der Waals surface area contributed by atoms with Gasteiger partial charge in [0.25, 0.3) is 0 Å². The van der Waals surface area contributed by atoms with Gasteiger partial charge in [0.15, 0.2) is 0 Å². The van der Waals surface area contributed by atoms with Crippen molar-refractivity contribution in [3.63, 3.8) is 0 Å². The quantitative estimate of drug-likeness (QED) is 0.871. The lowest BCUT2D eigenvalue weighted by molar-refractivity contribution is 0.0841. The Bertz CT molecular complexity index is 444. The van der Waals surface area contributed by atoms with Crippen LogP contribution in [0.3, 0.4) is 0 Å². The predicted molar refractivity (Wildman–Crippen MR) is 76.1 cm³/mol. The summed E-state index contributed by atoms with van der Waals surface area (Å²) in [5.74, 6) is 1.40. The Morgan fingerprint density at radius 3 is 3.10 bits per heavy atom. The minimum atomic E-state index is -0.391. The van der Waals surface area contributed by atoms with Crippen LogP contribution in [0.25, 0.3) is 0 Å². The van der Waals surface area contributed by atoms with Gasteiger partial charge in [0, 0.05) is 32.0 Å². The Morgan fingerprint density at radius 1 is 1.60 bits per heavy atom. The van der Waals surface area contributed by atoms with Gasteiger partial charge in [0.05, 0.1) is 12.6 Å². The Kier molecular flexibility index (Phi) is 5.00. The number of nitrogens with zero attached hydrogens (tertiary/aromatic N) is 3. The molecule has 2 heterocycles. The number of rotatable bonds is 4. The fraction of sp³-hybridized carbons (Fsp3) is 0.714. The van der Waals surface area contributed by atoms with Gasteiger partial charge >= 0.3 is 6.03 Å². The molecule has 0 saturated carbocycles. The summed E-state index contributed by atoms with van der Waals surface area (Å²) in [6.45, 7) is 6.75. The number of aliphatic hydroxyl groups is 1. The first kappa shape index (κ1) is 14.8. The SMILES string of the molecule is CC(C)Cn1ccnc1CNC(=O)N1CCCC(O)C1. The molecule has 1 aliphatic rings. The second-order valence-corrected chi connectivity index (χ2v) is 5.79. The molecule has 1 aliphatic heterocycles. The maximum absolute atomic E-state index is 12.0. The fourth-order valence-corrected chi connectivity index (χ4v) is 2.47. The molecule has 1 aromatic rings. The van der Waals surface area contributed by atoms with E-state index in [1.165, 1.54) is 0 Å². The molecule has 2 rings (SSSR count). The zero-order chi connectivity index (χ0) is 14.5. The van der Waals surface area contributed by atoms with E-state index in [-0.39, 0.29) is 6.03 Å². The van der Waals surface area contributed by atoms with Gasteiger partial charge in [-0.15, -0.1) is 0 Å². The maximum atomic E-state index is 12.0. The molecular formula is C14H24N4O2. The topological polar surface area (TPSA) is 70.4 Å². The van der Waals surface area contributed by atoms with Crippen molar-refractivity contribution in [2.45, 2.75) is 45.9 Å². The highest BCUT2D eigenvalue weighted by Gasteiger charge is 2.21. The predicted octanol–water partition coefficient (Wildman–Crippen LogP) is 1.21. The lowest BCUT2D eigenvalue weighted by Gasteiger charge is -2.30. The first-order chi connectivity index (χ1) is 9.56. The van der Waals surface area contributed by atoms with Crippen LogP contribution in [0.2, 0.25) is 0 Å². The van der Waals surface area contributed by atoms with Crippen LogP contribution in [0.1, 0.15) is 32.5 Å². The van der Waals surface area contributed by atoms with E-state index in [1.54, 1.807) is 11.1 Å². The van der Waals surface area contributed by atoms with Gasteiger partial charge in [0.2, 0.25) is 0 Å². The molecule has 20 heavy (non-hydrogen) atoms. The monoisotopic (exact) mass is 280 g/mol. The van der Waals surface area contributed by atoms with E-state index in [0.29, 0.717) is 25.6 Å². The van der Waals surface area contributed by atoms with Crippen molar-refractivity contribution in [1.82, 2.24) is 19.8 Å². The van der Waals surface area contributed by atoms with Crippen molar-refractivity contribution in [3.05, 3.63) is 18.2 Å². The number of carbonyl (C=O) groups excluding carboxylic acids is 1. The molecule has 1 saturated heterocycles. The Labute approximate surface area is 119 Å². The highest BCUT2D eigenvalue weighted by atomic mass is 16.3. The molecule has 6 nitrogen and oxygen atoms in total. The van der Waals surface area contributed by atoms with Crippen LogP contribution in [-0.2, 0) is 13.1 Å². The summed E-state index contributed by atoms with van der Waals surface area (Å²) >= 11 is 0. The normalized spacial score (nSPS) is 19.4. The minimum absolute atomic E-state index is 0.122. The molecule has 2 amide bonds. The molecule has 6 heteroatoms. The third-order valence-corrected chi connectivity index (χ3v) is 3.45. The molecule has 112 valence electrons. The molecule has 1 aromatic heterocycles. The number of hydrogen-bond acceptors (Lipinski definition) is 3. The lowest BCUT2D eigenvalue weighted by atomic mass is 10.1. The van der Waals surface area contributed by atoms with Crippen LogP contribution in [0.15, 0.2) is 12.4 Å². The van der Waals surface area contributed by atoms with E-state index in [1.807, 2.05) is 6.20 Å². The third-order valence-electron chi connectivity index (χ3n) is 3.45. The highest BCUT2D eigenvalue weighted by Crippen LogP contribution is 2.10. The van der Waals surface area contributed by atoms with Crippen molar-refractivity contribution in [2.75, 3.05) is 13.1 Å². The number of urea groups is 1. The minimum Gasteiger partial charge on any atom is -0.391 e. The highest BCUT2D eigenvalue weighted by molar-refractivity contribution is 5.74. The molecule has 1 fully saturated rings. The molecule has 0 spiro atoms. The van der Waals surface area contributed by atoms with Gasteiger partial charge in [-0.25, -0.2) is 9.78 Å². The van der Waals surface area contributed by atoms with Crippen LogP contribution in [0.5, 0.6) is 0 Å². The van der Waals surface area contributed by atoms with E-state index in [0.717, 1.165) is 25.2 Å². The number of aliphatic hydroxyl groups excluding tert-OH is 1. The second kappa shape index (κ2) is 6.74. The van der Waals surface area contributed by atoms with Crippen molar-refractivity contribution in [2.24, 2.45) is 5.92 Å². The van der Waals surface area contributed by atoms with Gasteiger partial charge < -0.3 is 19.9 Å². The van der Waals surface area contributed by atoms with Gasteiger partial charge in [0.1, 0.15) is 5.82 Å². The van der Waals surface area contributed by atoms with Crippen LogP contribution in [-0.4, -0.2) is 44.8 Å². The van der Waals surface area contributed by atoms with Crippen LogP contribution >= 0.6 is 0 Å². The van der Waals surface area contributed by atoms with Gasteiger partial charge in [-0.05, 0) is 18.8 Å². The van der Waals surface area contributed by atoms with Crippen molar-refractivity contribution < 1.29 is 9.90 Å². The number of carbonyl (C=O) groups is 1. The molecule has 0 aliphatic carbocycles. The van der Waals surface area contributed by atoms with E-state index in [2.05, 4.69) is 28.7 Å². The first-order valence-electron chi connectivity index (χ1n) is 7.27. The standard InChI is InChI=1S/C14H24N4O2/c1-11(2)9-17-7-5-15-13(17)8-16-14(20)18-6-3-4-12(19)10-18/h5,7,11-12,19H,3-4,6,8-10H2,1-2H3,(H,16,20). The number of amides is 2. The zero-order valence-corrected chi connectivity index (χ0v) is 12.2. The van der Waals surface area contributed by atoms with Crippen molar-refractivity contribution in [1.29, 1.82) is 0 Å².